The van der Waals surface area contributed by atoms with Gasteiger partial charge in [0.05, 0.1) is 16.8 Å². The third-order valence-electron chi connectivity index (χ3n) is 5.60. The zero-order chi connectivity index (χ0) is 21.4. The normalized spacial score (nSPS) is 14.6. The van der Waals surface area contributed by atoms with Crippen LogP contribution in [-0.2, 0) is 6.42 Å². The van der Waals surface area contributed by atoms with Crippen molar-refractivity contribution in [3.8, 4) is 0 Å². The van der Waals surface area contributed by atoms with Crippen molar-refractivity contribution in [2.45, 2.75) is 25.8 Å². The van der Waals surface area contributed by atoms with Gasteiger partial charge in [0.25, 0.3) is 5.91 Å². The van der Waals surface area contributed by atoms with Crippen LogP contribution in [0.25, 0.3) is 10.9 Å². The lowest BCUT2D eigenvalue weighted by Crippen LogP contribution is -2.30. The van der Waals surface area contributed by atoms with Gasteiger partial charge in [0.1, 0.15) is 0 Å². The molecule has 2 heterocycles. The topological polar surface area (TPSA) is 54.4 Å². The molecule has 0 spiro atoms. The Morgan fingerprint density at radius 2 is 1.71 bits per heavy atom. The van der Waals surface area contributed by atoms with Gasteiger partial charge in [-0.05, 0) is 56.2 Å². The molecule has 31 heavy (non-hydrogen) atoms. The van der Waals surface area contributed by atoms with E-state index in [4.69, 9.17) is 4.99 Å². The second-order valence-electron chi connectivity index (χ2n) is 8.52. The maximum atomic E-state index is 12.8. The van der Waals surface area contributed by atoms with Gasteiger partial charge < -0.3 is 5.32 Å². The molecule has 1 aliphatic rings. The Balaban J connectivity index is 1.59. The van der Waals surface area contributed by atoms with Crippen LogP contribution >= 0.6 is 0 Å². The third-order valence-corrected chi connectivity index (χ3v) is 5.60. The number of para-hydroxylation sites is 1. The zero-order valence-corrected chi connectivity index (χ0v) is 17.6. The first-order chi connectivity index (χ1) is 15.0. The number of fused-ring (bicyclic) bond motifs is 2. The molecular weight excluding hydrogens is 382 g/mol. The van der Waals surface area contributed by atoms with Gasteiger partial charge in [-0.25, -0.2) is 0 Å². The van der Waals surface area contributed by atoms with Gasteiger partial charge in [0.2, 0.25) is 0 Å². The van der Waals surface area contributed by atoms with Gasteiger partial charge in [-0.15, -0.1) is 0 Å². The van der Waals surface area contributed by atoms with Crippen molar-refractivity contribution in [3.63, 3.8) is 0 Å². The first kappa shape index (κ1) is 19.2. The fraction of sp³-hybridized carbons (Fsp3) is 0.148. The van der Waals surface area contributed by atoms with E-state index in [2.05, 4.69) is 42.3 Å². The molecule has 0 bridgehead atoms. The second-order valence-corrected chi connectivity index (χ2v) is 8.52. The summed E-state index contributed by atoms with van der Waals surface area (Å²) in [7, 11) is 0. The van der Waals surface area contributed by atoms with E-state index in [0.29, 0.717) is 5.56 Å². The van der Waals surface area contributed by atoms with E-state index in [1.165, 1.54) is 0 Å². The minimum Gasteiger partial charge on any atom is -0.322 e. The maximum absolute atomic E-state index is 12.8. The van der Waals surface area contributed by atoms with Crippen LogP contribution in [0.1, 0.15) is 40.9 Å². The highest BCUT2D eigenvalue weighted by Gasteiger charge is 2.30. The Hall–Kier alpha value is -3.79. The summed E-state index contributed by atoms with van der Waals surface area (Å²) in [6.45, 7) is 4.25. The number of hydrogen-bond donors (Lipinski definition) is 1. The number of carbonyl (C=O) groups is 1. The van der Waals surface area contributed by atoms with Gasteiger partial charge in [-0.2, -0.15) is 0 Å². The van der Waals surface area contributed by atoms with Gasteiger partial charge in [-0.1, -0.05) is 48.5 Å². The number of benzene rings is 3. The summed E-state index contributed by atoms with van der Waals surface area (Å²) in [6.07, 6.45) is 2.64. The molecular formula is C27H23N3O. The van der Waals surface area contributed by atoms with E-state index in [0.717, 1.165) is 45.4 Å². The number of nitrogens with zero attached hydrogens (tertiary/aromatic N) is 2. The van der Waals surface area contributed by atoms with Crippen LogP contribution < -0.4 is 5.32 Å². The van der Waals surface area contributed by atoms with Crippen molar-refractivity contribution < 1.29 is 4.79 Å². The molecule has 0 radical (unpaired) electrons. The van der Waals surface area contributed by atoms with E-state index >= 15 is 0 Å². The van der Waals surface area contributed by atoms with Crippen LogP contribution in [0.4, 0.5) is 5.69 Å². The average Bonchev–Trinajstić information content (AvgIpc) is 2.79. The molecule has 1 N–H and O–H groups in total. The summed E-state index contributed by atoms with van der Waals surface area (Å²) in [5.41, 5.74) is 6.20. The highest BCUT2D eigenvalue weighted by Crippen LogP contribution is 2.34. The highest BCUT2D eigenvalue weighted by molar-refractivity contribution is 6.16. The summed E-state index contributed by atoms with van der Waals surface area (Å²) in [5, 5.41) is 4.20. The molecule has 0 unspecified atom stereocenters. The van der Waals surface area contributed by atoms with Crippen LogP contribution in [-0.4, -0.2) is 22.1 Å². The van der Waals surface area contributed by atoms with Crippen molar-refractivity contribution in [2.75, 3.05) is 5.32 Å². The molecule has 0 saturated heterocycles. The number of rotatable bonds is 3. The summed E-state index contributed by atoms with van der Waals surface area (Å²) in [6, 6.07) is 25.5. The number of amides is 1. The zero-order valence-electron chi connectivity index (χ0n) is 17.6. The number of aromatic nitrogens is 1. The quantitative estimate of drug-likeness (QED) is 0.478. The van der Waals surface area contributed by atoms with Crippen LogP contribution in [0, 0.1) is 0 Å². The van der Waals surface area contributed by atoms with E-state index in [1.54, 1.807) is 0 Å². The lowest BCUT2D eigenvalue weighted by atomic mass is 9.84. The van der Waals surface area contributed by atoms with Gasteiger partial charge in [0, 0.05) is 34.0 Å². The van der Waals surface area contributed by atoms with E-state index in [1.807, 2.05) is 66.9 Å². The SMILES string of the molecule is CC1(C)Cc2c(NC(=O)c3ccccc3)cccc2C(c2cnc3ccccc3c2)=N1. The molecule has 0 fully saturated rings. The summed E-state index contributed by atoms with van der Waals surface area (Å²) in [4.78, 5) is 22.5. The van der Waals surface area contributed by atoms with Gasteiger partial charge >= 0.3 is 0 Å². The lowest BCUT2D eigenvalue weighted by molar-refractivity contribution is 0.102. The van der Waals surface area contributed by atoms with Crippen molar-refractivity contribution in [3.05, 3.63) is 107 Å². The first-order valence-electron chi connectivity index (χ1n) is 10.4. The molecule has 1 aromatic heterocycles. The molecule has 3 aromatic carbocycles. The van der Waals surface area contributed by atoms with Gasteiger partial charge in [0.15, 0.2) is 0 Å². The Bertz CT molecular complexity index is 1320. The maximum Gasteiger partial charge on any atom is 0.255 e. The second kappa shape index (κ2) is 7.47. The van der Waals surface area contributed by atoms with Crippen molar-refractivity contribution in [2.24, 2.45) is 4.99 Å². The summed E-state index contributed by atoms with van der Waals surface area (Å²) >= 11 is 0. The summed E-state index contributed by atoms with van der Waals surface area (Å²) in [5.74, 6) is -0.108. The number of pyridine rings is 1. The molecule has 1 aliphatic heterocycles. The van der Waals surface area contributed by atoms with Gasteiger partial charge in [-0.3, -0.25) is 14.8 Å². The molecule has 5 rings (SSSR count). The predicted octanol–water partition coefficient (Wildman–Crippen LogP) is 5.66. The van der Waals surface area contributed by atoms with Crippen molar-refractivity contribution in [1.29, 1.82) is 0 Å². The number of anilines is 1. The number of carbonyl (C=O) groups excluding carboxylic acids is 1. The molecule has 0 aliphatic carbocycles. The Morgan fingerprint density at radius 1 is 0.935 bits per heavy atom. The van der Waals surface area contributed by atoms with Crippen LogP contribution in [0.2, 0.25) is 0 Å². The molecule has 4 aromatic rings. The Labute approximate surface area is 181 Å². The van der Waals surface area contributed by atoms with Crippen LogP contribution in [0.5, 0.6) is 0 Å². The number of nitrogens with one attached hydrogen (secondary N) is 1. The Kier molecular flexibility index (Phi) is 4.63. The van der Waals surface area contributed by atoms with E-state index in [9.17, 15) is 4.79 Å². The monoisotopic (exact) mass is 405 g/mol. The molecule has 1 amide bonds. The molecule has 152 valence electrons. The van der Waals surface area contributed by atoms with Crippen LogP contribution in [0.15, 0.2) is 90.1 Å². The fourth-order valence-corrected chi connectivity index (χ4v) is 4.16. The summed E-state index contributed by atoms with van der Waals surface area (Å²) < 4.78 is 0. The van der Waals surface area contributed by atoms with E-state index in [-0.39, 0.29) is 11.4 Å². The third kappa shape index (κ3) is 3.73. The molecule has 4 heteroatoms. The highest BCUT2D eigenvalue weighted by atomic mass is 16.1. The van der Waals surface area contributed by atoms with E-state index < -0.39 is 0 Å². The predicted molar refractivity (Wildman–Crippen MR) is 126 cm³/mol. The minimum atomic E-state index is -0.290. The van der Waals surface area contributed by atoms with Crippen molar-refractivity contribution >= 4 is 28.2 Å². The molecule has 4 nitrogen and oxygen atoms in total. The minimum absolute atomic E-state index is 0.108. The van der Waals surface area contributed by atoms with Crippen molar-refractivity contribution in [1.82, 2.24) is 4.98 Å². The fourth-order valence-electron chi connectivity index (χ4n) is 4.16. The Morgan fingerprint density at radius 3 is 2.55 bits per heavy atom. The molecule has 0 atom stereocenters. The standard InChI is InChI=1S/C27H23N3O/c1-27(2)16-22-21(12-8-14-24(22)29-26(31)18-9-4-3-5-10-18)25(30-27)20-15-19-11-6-7-13-23(19)28-17-20/h3-15,17H,16H2,1-2H3,(H,29,31). The average molecular weight is 406 g/mol. The largest absolute Gasteiger partial charge is 0.322 e. The first-order valence-corrected chi connectivity index (χ1v) is 10.4. The molecule has 0 saturated carbocycles. The smallest absolute Gasteiger partial charge is 0.255 e. The number of aliphatic imine (C=N–C) groups is 1. The van der Waals surface area contributed by atoms with Crippen LogP contribution in [0.3, 0.4) is 0 Å². The lowest BCUT2D eigenvalue weighted by Gasteiger charge is -2.31. The number of hydrogen-bond acceptors (Lipinski definition) is 3.